The number of epoxide rings is 1. The summed E-state index contributed by atoms with van der Waals surface area (Å²) < 4.78 is 12.0. The van der Waals surface area contributed by atoms with Crippen LogP contribution >= 0.6 is 0 Å². The summed E-state index contributed by atoms with van der Waals surface area (Å²) in [6.07, 6.45) is 6.53. The lowest BCUT2D eigenvalue weighted by atomic mass is 9.60. The zero-order valence-electron chi connectivity index (χ0n) is 14.0. The Kier molecular flexibility index (Phi) is 2.17. The first kappa shape index (κ1) is 14.1. The molecule has 5 heteroatoms. The Balaban J connectivity index is 1.58. The van der Waals surface area contributed by atoms with Gasteiger partial charge in [-0.3, -0.25) is 9.59 Å². The summed E-state index contributed by atoms with van der Waals surface area (Å²) >= 11 is 0. The van der Waals surface area contributed by atoms with Gasteiger partial charge in [0.2, 0.25) is 0 Å². The molecule has 4 bridgehead atoms. The number of esters is 1. The van der Waals surface area contributed by atoms with Crippen LogP contribution in [0.4, 0.5) is 0 Å². The monoisotopic (exact) mass is 332 g/mol. The minimum Gasteiger partial charge on any atom is -0.481 e. The molecular weight excluding hydrogens is 308 g/mol. The third-order valence-corrected chi connectivity index (χ3v) is 9.05. The summed E-state index contributed by atoms with van der Waals surface area (Å²) in [7, 11) is 0. The lowest BCUT2D eigenvalue weighted by Gasteiger charge is -2.43. The van der Waals surface area contributed by atoms with Crippen molar-refractivity contribution in [1.82, 2.24) is 0 Å². The molecule has 4 saturated carbocycles. The highest BCUT2D eigenvalue weighted by Crippen LogP contribution is 2.79. The van der Waals surface area contributed by atoms with E-state index in [1.807, 2.05) is 6.92 Å². The molecule has 1 unspecified atom stereocenters. The normalized spacial score (nSPS) is 62.3. The van der Waals surface area contributed by atoms with Crippen molar-refractivity contribution in [3.63, 3.8) is 0 Å². The van der Waals surface area contributed by atoms with E-state index in [1.165, 1.54) is 0 Å². The van der Waals surface area contributed by atoms with Crippen LogP contribution in [0.1, 0.15) is 51.9 Å². The van der Waals surface area contributed by atoms with Crippen LogP contribution in [-0.4, -0.2) is 34.9 Å². The van der Waals surface area contributed by atoms with Gasteiger partial charge in [-0.2, -0.15) is 0 Å². The molecule has 0 aromatic rings. The topological polar surface area (TPSA) is 76.1 Å². The zero-order valence-corrected chi connectivity index (χ0v) is 14.0. The minimum absolute atomic E-state index is 0.0449. The fraction of sp³-hybridized carbons (Fsp3) is 0.895. The second kappa shape index (κ2) is 3.69. The van der Waals surface area contributed by atoms with Gasteiger partial charge in [0.25, 0.3) is 0 Å². The summed E-state index contributed by atoms with van der Waals surface area (Å²) in [5.74, 6) is -0.733. The van der Waals surface area contributed by atoms with Gasteiger partial charge in [0, 0.05) is 11.8 Å². The number of rotatable bonds is 1. The largest absolute Gasteiger partial charge is 0.481 e. The standard InChI is InChI=1S/C19H24O5/c1-16-5-2-6-19(24-15(16)22)11-4-3-10-7-17(11,8-18(10)9-23-18)12(13(16)19)14(20)21/h10-13H,2-9H2,1H3,(H,20,21)/t10-,11-,12-,13-,16+,17-,18?,19-/m1/s1. The fourth-order valence-corrected chi connectivity index (χ4v) is 8.37. The first-order valence-electron chi connectivity index (χ1n) is 9.48. The van der Waals surface area contributed by atoms with Crippen molar-refractivity contribution in [2.24, 2.45) is 34.5 Å². The van der Waals surface area contributed by atoms with Crippen molar-refractivity contribution >= 4 is 11.9 Å². The van der Waals surface area contributed by atoms with Crippen LogP contribution < -0.4 is 0 Å². The van der Waals surface area contributed by atoms with Crippen LogP contribution in [0.2, 0.25) is 0 Å². The molecule has 8 atom stereocenters. The lowest BCUT2D eigenvalue weighted by molar-refractivity contribution is -0.160. The van der Waals surface area contributed by atoms with E-state index in [0.29, 0.717) is 5.92 Å². The van der Waals surface area contributed by atoms with Crippen molar-refractivity contribution in [2.75, 3.05) is 6.61 Å². The summed E-state index contributed by atoms with van der Waals surface area (Å²) in [4.78, 5) is 25.2. The molecule has 2 spiro atoms. The average Bonchev–Trinajstić information content (AvgIpc) is 3.16. The molecule has 2 aliphatic heterocycles. The van der Waals surface area contributed by atoms with Crippen molar-refractivity contribution < 1.29 is 24.2 Å². The van der Waals surface area contributed by atoms with Crippen LogP contribution in [0.3, 0.4) is 0 Å². The maximum absolute atomic E-state index is 12.7. The van der Waals surface area contributed by atoms with Gasteiger partial charge >= 0.3 is 11.9 Å². The molecule has 5 nitrogen and oxygen atoms in total. The Morgan fingerprint density at radius 1 is 1.29 bits per heavy atom. The SMILES string of the molecule is C[C@@]12CCC[C@@]3(OC1=O)[C@@H]1CC[C@@H]4C[C@]1(CC41CO1)[C@@H](C(=O)O)[C@@H]32. The van der Waals surface area contributed by atoms with Gasteiger partial charge in [-0.15, -0.1) is 0 Å². The number of hydrogen-bond donors (Lipinski definition) is 1. The van der Waals surface area contributed by atoms with E-state index in [0.717, 1.165) is 51.6 Å². The average molecular weight is 332 g/mol. The molecule has 4 aliphatic carbocycles. The predicted octanol–water partition coefficient (Wildman–Crippen LogP) is 2.38. The van der Waals surface area contributed by atoms with Crippen LogP contribution in [0, 0.1) is 34.5 Å². The van der Waals surface area contributed by atoms with Gasteiger partial charge in [0.15, 0.2) is 0 Å². The third-order valence-electron chi connectivity index (χ3n) is 9.05. The van der Waals surface area contributed by atoms with Crippen LogP contribution in [0.5, 0.6) is 0 Å². The van der Waals surface area contributed by atoms with E-state index in [-0.39, 0.29) is 28.8 Å². The summed E-state index contributed by atoms with van der Waals surface area (Å²) in [6.45, 7) is 2.77. The highest BCUT2D eigenvalue weighted by Gasteiger charge is 2.84. The molecule has 6 aliphatic rings. The quantitative estimate of drug-likeness (QED) is 0.589. The van der Waals surface area contributed by atoms with Crippen LogP contribution in [-0.2, 0) is 19.1 Å². The van der Waals surface area contributed by atoms with Gasteiger partial charge < -0.3 is 14.6 Å². The summed E-state index contributed by atoms with van der Waals surface area (Å²) in [5, 5.41) is 10.2. The molecular formula is C19H24O5. The van der Waals surface area contributed by atoms with E-state index < -0.39 is 22.9 Å². The number of carboxylic acid groups (broad SMARTS) is 1. The number of ether oxygens (including phenoxy) is 2. The molecule has 0 aromatic carbocycles. The van der Waals surface area contributed by atoms with Gasteiger partial charge in [-0.1, -0.05) is 0 Å². The molecule has 2 saturated heterocycles. The van der Waals surface area contributed by atoms with E-state index in [2.05, 4.69) is 0 Å². The van der Waals surface area contributed by atoms with Crippen molar-refractivity contribution in [1.29, 1.82) is 0 Å². The molecule has 6 fully saturated rings. The number of aliphatic carboxylic acids is 1. The van der Waals surface area contributed by atoms with Crippen molar-refractivity contribution in [3.8, 4) is 0 Å². The van der Waals surface area contributed by atoms with E-state index in [4.69, 9.17) is 9.47 Å². The number of carbonyl (C=O) groups is 2. The first-order chi connectivity index (χ1) is 11.4. The van der Waals surface area contributed by atoms with Gasteiger partial charge in [-0.05, 0) is 63.2 Å². The van der Waals surface area contributed by atoms with E-state index >= 15 is 0 Å². The first-order valence-corrected chi connectivity index (χ1v) is 9.48. The second-order valence-corrected chi connectivity index (χ2v) is 9.70. The highest BCUT2D eigenvalue weighted by molar-refractivity contribution is 5.84. The van der Waals surface area contributed by atoms with Gasteiger partial charge in [0.1, 0.15) is 5.60 Å². The summed E-state index contributed by atoms with van der Waals surface area (Å²) in [6, 6.07) is 0. The minimum atomic E-state index is -0.711. The lowest BCUT2D eigenvalue weighted by Crippen LogP contribution is -2.47. The van der Waals surface area contributed by atoms with Gasteiger partial charge in [-0.25, -0.2) is 0 Å². The Hall–Kier alpha value is -1.10. The van der Waals surface area contributed by atoms with Crippen molar-refractivity contribution in [3.05, 3.63) is 0 Å². The Morgan fingerprint density at radius 2 is 2.08 bits per heavy atom. The third kappa shape index (κ3) is 1.20. The van der Waals surface area contributed by atoms with Gasteiger partial charge in [0.05, 0.1) is 23.5 Å². The van der Waals surface area contributed by atoms with Crippen LogP contribution in [0.25, 0.3) is 0 Å². The number of carbonyl (C=O) groups excluding carboxylic acids is 1. The smallest absolute Gasteiger partial charge is 0.312 e. The van der Waals surface area contributed by atoms with Crippen molar-refractivity contribution in [2.45, 2.75) is 63.1 Å². The fourth-order valence-electron chi connectivity index (χ4n) is 8.37. The van der Waals surface area contributed by atoms with Crippen LogP contribution in [0.15, 0.2) is 0 Å². The molecule has 24 heavy (non-hydrogen) atoms. The number of carboxylic acids is 1. The number of fused-ring (bicyclic) bond motifs is 2. The molecule has 0 aromatic heterocycles. The van der Waals surface area contributed by atoms with E-state index in [1.54, 1.807) is 0 Å². The predicted molar refractivity (Wildman–Crippen MR) is 82.0 cm³/mol. The Morgan fingerprint density at radius 3 is 2.79 bits per heavy atom. The molecule has 1 N–H and O–H groups in total. The number of hydrogen-bond acceptors (Lipinski definition) is 4. The molecule has 2 heterocycles. The Bertz CT molecular complexity index is 683. The second-order valence-electron chi connectivity index (χ2n) is 9.70. The van der Waals surface area contributed by atoms with E-state index in [9.17, 15) is 14.7 Å². The molecule has 0 radical (unpaired) electrons. The molecule has 0 amide bonds. The Labute approximate surface area is 141 Å². The maximum Gasteiger partial charge on any atom is 0.312 e. The zero-order chi connectivity index (χ0) is 16.5. The molecule has 130 valence electrons. The highest BCUT2D eigenvalue weighted by atomic mass is 16.6. The summed E-state index contributed by atoms with van der Waals surface area (Å²) in [5.41, 5.74) is -1.39. The molecule has 6 rings (SSSR count). The maximum atomic E-state index is 12.7.